The van der Waals surface area contributed by atoms with Gasteiger partial charge in [0.2, 0.25) is 5.91 Å². The minimum absolute atomic E-state index is 0.123. The van der Waals surface area contributed by atoms with Crippen LogP contribution in [-0.2, 0) is 4.79 Å². The van der Waals surface area contributed by atoms with Crippen LogP contribution in [0.25, 0.3) is 0 Å². The van der Waals surface area contributed by atoms with Crippen LogP contribution in [0.3, 0.4) is 0 Å². The number of carbonyl (C=O) groups is 2. The summed E-state index contributed by atoms with van der Waals surface area (Å²) >= 11 is 1.24. The Bertz CT molecular complexity index is 732. The molecule has 0 fully saturated rings. The number of methoxy groups -OCH3 is 1. The highest BCUT2D eigenvalue weighted by Crippen LogP contribution is 2.28. The minimum atomic E-state index is -0.425. The van der Waals surface area contributed by atoms with Crippen molar-refractivity contribution in [2.45, 2.75) is 11.8 Å². The lowest BCUT2D eigenvalue weighted by Crippen LogP contribution is -2.16. The van der Waals surface area contributed by atoms with Crippen LogP contribution in [0.2, 0.25) is 0 Å². The third-order valence-electron chi connectivity index (χ3n) is 3.10. The van der Waals surface area contributed by atoms with E-state index in [0.29, 0.717) is 21.9 Å². The van der Waals surface area contributed by atoms with Gasteiger partial charge in [-0.25, -0.2) is 0 Å². The van der Waals surface area contributed by atoms with Crippen molar-refractivity contribution in [1.82, 2.24) is 0 Å². The summed E-state index contributed by atoms with van der Waals surface area (Å²) in [6.07, 6.45) is 0. The lowest BCUT2D eigenvalue weighted by Gasteiger charge is -2.13. The van der Waals surface area contributed by atoms with Gasteiger partial charge in [-0.05, 0) is 36.8 Å². The van der Waals surface area contributed by atoms with Gasteiger partial charge in [0.05, 0.1) is 24.1 Å². The largest absolute Gasteiger partial charge is 0.495 e. The van der Waals surface area contributed by atoms with Gasteiger partial charge in [0, 0.05) is 4.90 Å². The van der Waals surface area contributed by atoms with E-state index in [9.17, 15) is 9.59 Å². The molecule has 23 heavy (non-hydrogen) atoms. The summed E-state index contributed by atoms with van der Waals surface area (Å²) in [5.74, 6) is 0.0242. The normalized spacial score (nSPS) is 10.2. The average Bonchev–Trinajstić information content (AvgIpc) is 2.53. The van der Waals surface area contributed by atoms with E-state index in [2.05, 4.69) is 5.32 Å². The van der Waals surface area contributed by atoms with Gasteiger partial charge >= 0.3 is 0 Å². The molecule has 2 aromatic carbocycles. The van der Waals surface area contributed by atoms with Crippen molar-refractivity contribution in [2.24, 2.45) is 5.73 Å². The molecule has 0 spiro atoms. The molecule has 0 radical (unpaired) electrons. The van der Waals surface area contributed by atoms with Crippen molar-refractivity contribution in [3.05, 3.63) is 53.6 Å². The van der Waals surface area contributed by atoms with Crippen molar-refractivity contribution in [3.63, 3.8) is 0 Å². The van der Waals surface area contributed by atoms with Gasteiger partial charge in [0.25, 0.3) is 5.91 Å². The molecule has 0 heterocycles. The van der Waals surface area contributed by atoms with Gasteiger partial charge < -0.3 is 15.8 Å². The van der Waals surface area contributed by atoms with E-state index in [4.69, 9.17) is 10.5 Å². The third kappa shape index (κ3) is 4.50. The smallest absolute Gasteiger partial charge is 0.256 e. The minimum Gasteiger partial charge on any atom is -0.495 e. The Morgan fingerprint density at radius 3 is 2.65 bits per heavy atom. The predicted octanol–water partition coefficient (Wildman–Crippen LogP) is 2.83. The average molecular weight is 330 g/mol. The second-order valence-electron chi connectivity index (χ2n) is 4.91. The van der Waals surface area contributed by atoms with Crippen molar-refractivity contribution in [1.29, 1.82) is 0 Å². The Morgan fingerprint density at radius 2 is 1.96 bits per heavy atom. The second kappa shape index (κ2) is 7.69. The number of aryl methyl sites for hydroxylation is 1. The highest BCUT2D eigenvalue weighted by Gasteiger charge is 2.14. The predicted molar refractivity (Wildman–Crippen MR) is 92.0 cm³/mol. The number of benzene rings is 2. The quantitative estimate of drug-likeness (QED) is 0.798. The van der Waals surface area contributed by atoms with E-state index in [1.165, 1.54) is 11.8 Å². The zero-order valence-corrected chi connectivity index (χ0v) is 13.8. The first kappa shape index (κ1) is 16.9. The number of ether oxygens (including phenoxy) is 1. The van der Waals surface area contributed by atoms with Crippen molar-refractivity contribution in [2.75, 3.05) is 18.2 Å². The molecule has 2 rings (SSSR count). The number of primary amides is 1. The van der Waals surface area contributed by atoms with Crippen LogP contribution in [0, 0.1) is 6.92 Å². The first-order valence-electron chi connectivity index (χ1n) is 6.97. The Labute approximate surface area is 139 Å². The summed E-state index contributed by atoms with van der Waals surface area (Å²) in [4.78, 5) is 24.2. The van der Waals surface area contributed by atoms with E-state index >= 15 is 0 Å². The molecule has 0 saturated heterocycles. The second-order valence-corrected chi connectivity index (χ2v) is 5.93. The SMILES string of the molecule is COc1ccc(C)cc1NC(=O)c1ccccc1SCC(N)=O. The number of rotatable bonds is 6. The van der Waals surface area contributed by atoms with Crippen molar-refractivity contribution >= 4 is 29.3 Å². The van der Waals surface area contributed by atoms with Gasteiger partial charge in [-0.2, -0.15) is 0 Å². The molecular formula is C17H18N2O3S. The molecule has 3 N–H and O–H groups in total. The maximum absolute atomic E-state index is 12.6. The number of anilines is 1. The lowest BCUT2D eigenvalue weighted by molar-refractivity contribution is -0.115. The van der Waals surface area contributed by atoms with Crippen LogP contribution < -0.4 is 15.8 Å². The Balaban J connectivity index is 2.24. The summed E-state index contributed by atoms with van der Waals surface area (Å²) in [6.45, 7) is 1.94. The fourth-order valence-electron chi connectivity index (χ4n) is 2.04. The number of amides is 2. The number of nitrogens with one attached hydrogen (secondary N) is 1. The number of thioether (sulfide) groups is 1. The molecule has 0 bridgehead atoms. The van der Waals surface area contributed by atoms with Crippen LogP contribution in [0.1, 0.15) is 15.9 Å². The van der Waals surface area contributed by atoms with Crippen LogP contribution in [-0.4, -0.2) is 24.7 Å². The summed E-state index contributed by atoms with van der Waals surface area (Å²) in [5.41, 5.74) is 7.27. The zero-order chi connectivity index (χ0) is 16.8. The Morgan fingerprint density at radius 1 is 1.22 bits per heavy atom. The fourth-order valence-corrected chi connectivity index (χ4v) is 2.83. The van der Waals surface area contributed by atoms with E-state index < -0.39 is 5.91 Å². The summed E-state index contributed by atoms with van der Waals surface area (Å²) in [5, 5.41) is 2.85. The number of carbonyl (C=O) groups excluding carboxylic acids is 2. The van der Waals surface area contributed by atoms with Crippen LogP contribution in [0.15, 0.2) is 47.4 Å². The molecule has 0 aromatic heterocycles. The van der Waals surface area contributed by atoms with E-state index in [1.807, 2.05) is 25.1 Å². The molecular weight excluding hydrogens is 312 g/mol. The van der Waals surface area contributed by atoms with E-state index in [0.717, 1.165) is 5.56 Å². The Kier molecular flexibility index (Phi) is 5.65. The van der Waals surface area contributed by atoms with E-state index in [-0.39, 0.29) is 11.7 Å². The standard InChI is InChI=1S/C17H18N2O3S/c1-11-7-8-14(22-2)13(9-11)19-17(21)12-5-3-4-6-15(12)23-10-16(18)20/h3-9H,10H2,1-2H3,(H2,18,20)(H,19,21). The summed E-state index contributed by atoms with van der Waals surface area (Å²) in [6, 6.07) is 12.6. The topological polar surface area (TPSA) is 81.4 Å². The molecule has 0 atom stereocenters. The monoisotopic (exact) mass is 330 g/mol. The van der Waals surface area contributed by atoms with Crippen molar-refractivity contribution < 1.29 is 14.3 Å². The van der Waals surface area contributed by atoms with Crippen LogP contribution >= 0.6 is 11.8 Å². The molecule has 120 valence electrons. The highest BCUT2D eigenvalue weighted by atomic mass is 32.2. The highest BCUT2D eigenvalue weighted by molar-refractivity contribution is 8.00. The molecule has 0 aliphatic heterocycles. The number of hydrogen-bond donors (Lipinski definition) is 2. The molecule has 2 amide bonds. The van der Waals surface area contributed by atoms with Gasteiger partial charge in [0.1, 0.15) is 5.75 Å². The number of hydrogen-bond acceptors (Lipinski definition) is 4. The summed E-state index contributed by atoms with van der Waals surface area (Å²) < 4.78 is 5.27. The summed E-state index contributed by atoms with van der Waals surface area (Å²) in [7, 11) is 1.55. The molecule has 5 nitrogen and oxygen atoms in total. The zero-order valence-electron chi connectivity index (χ0n) is 13.0. The molecule has 0 unspecified atom stereocenters. The van der Waals surface area contributed by atoms with Crippen LogP contribution in [0.4, 0.5) is 5.69 Å². The third-order valence-corrected chi connectivity index (χ3v) is 4.20. The van der Waals surface area contributed by atoms with Gasteiger partial charge in [-0.1, -0.05) is 18.2 Å². The first-order chi connectivity index (χ1) is 11.0. The Hall–Kier alpha value is -2.47. The van der Waals surface area contributed by atoms with Gasteiger partial charge in [-0.15, -0.1) is 11.8 Å². The molecule has 6 heteroatoms. The molecule has 0 aliphatic rings. The lowest BCUT2D eigenvalue weighted by atomic mass is 10.1. The molecule has 0 aliphatic carbocycles. The maximum atomic E-state index is 12.6. The molecule has 0 saturated carbocycles. The fraction of sp³-hybridized carbons (Fsp3) is 0.176. The molecule has 2 aromatic rings. The maximum Gasteiger partial charge on any atom is 0.256 e. The van der Waals surface area contributed by atoms with Gasteiger partial charge in [-0.3, -0.25) is 9.59 Å². The first-order valence-corrected chi connectivity index (χ1v) is 7.96. The van der Waals surface area contributed by atoms with Crippen LogP contribution in [0.5, 0.6) is 5.75 Å². The number of nitrogens with two attached hydrogens (primary N) is 1. The van der Waals surface area contributed by atoms with E-state index in [1.54, 1.807) is 31.4 Å². The van der Waals surface area contributed by atoms with Gasteiger partial charge in [0.15, 0.2) is 0 Å². The van der Waals surface area contributed by atoms with Crippen molar-refractivity contribution in [3.8, 4) is 5.75 Å².